The summed E-state index contributed by atoms with van der Waals surface area (Å²) < 4.78 is 34.2. The van der Waals surface area contributed by atoms with E-state index in [1.54, 1.807) is 12.1 Å². The number of aryl methyl sites for hydroxylation is 1. The van der Waals surface area contributed by atoms with E-state index in [1.807, 2.05) is 0 Å². The summed E-state index contributed by atoms with van der Waals surface area (Å²) in [5, 5.41) is 0.0883. The minimum atomic E-state index is -4.11. The van der Waals surface area contributed by atoms with Crippen molar-refractivity contribution in [2.24, 2.45) is 14.1 Å². The number of nitrogens with zero attached hydrogens (tertiary/aromatic N) is 3. The number of hydrogen-bond donors (Lipinski definition) is 0. The highest BCUT2D eigenvalue weighted by Crippen LogP contribution is 2.27. The molecule has 3 aromatic rings. The number of carbonyl (C=O) groups excluding carboxylic acids is 1. The number of aromatic nitrogens is 2. The van der Waals surface area contributed by atoms with Gasteiger partial charge in [-0.3, -0.25) is 18.2 Å². The number of ether oxygens (including phenoxy) is 1. The summed E-state index contributed by atoms with van der Waals surface area (Å²) in [6.07, 6.45) is 0. The quantitative estimate of drug-likeness (QED) is 0.583. The summed E-state index contributed by atoms with van der Waals surface area (Å²) in [6.45, 7) is 0. The zero-order valence-electron chi connectivity index (χ0n) is 16.2. The molecule has 0 fully saturated rings. The molecule has 29 heavy (non-hydrogen) atoms. The van der Waals surface area contributed by atoms with Crippen LogP contribution in [0.1, 0.15) is 10.4 Å². The van der Waals surface area contributed by atoms with Crippen LogP contribution in [0.2, 0.25) is 0 Å². The van der Waals surface area contributed by atoms with E-state index in [2.05, 4.69) is 0 Å². The van der Waals surface area contributed by atoms with Crippen LogP contribution in [-0.2, 0) is 28.9 Å². The molecule has 10 heteroatoms. The molecular weight excluding hydrogens is 398 g/mol. The van der Waals surface area contributed by atoms with Crippen LogP contribution in [0.5, 0.6) is 0 Å². The van der Waals surface area contributed by atoms with Crippen molar-refractivity contribution < 1.29 is 17.9 Å². The van der Waals surface area contributed by atoms with Crippen molar-refractivity contribution in [3.05, 3.63) is 68.9 Å². The molecule has 0 aliphatic heterocycles. The van der Waals surface area contributed by atoms with Crippen molar-refractivity contribution >= 4 is 32.6 Å². The molecule has 0 aliphatic carbocycles. The normalized spacial score (nSPS) is 11.4. The molecule has 3 rings (SSSR count). The minimum absolute atomic E-state index is 0.0835. The van der Waals surface area contributed by atoms with Crippen LogP contribution >= 0.6 is 0 Å². The Bertz CT molecular complexity index is 1350. The van der Waals surface area contributed by atoms with Gasteiger partial charge in [-0.15, -0.1) is 0 Å². The van der Waals surface area contributed by atoms with E-state index in [1.165, 1.54) is 63.2 Å². The number of rotatable bonds is 4. The van der Waals surface area contributed by atoms with Gasteiger partial charge in [-0.25, -0.2) is 18.0 Å². The highest BCUT2D eigenvalue weighted by Gasteiger charge is 2.26. The summed E-state index contributed by atoms with van der Waals surface area (Å²) in [5.41, 5.74) is -0.581. The maximum atomic E-state index is 13.2. The van der Waals surface area contributed by atoms with Crippen molar-refractivity contribution in [2.45, 2.75) is 4.90 Å². The summed E-state index contributed by atoms with van der Waals surface area (Å²) in [4.78, 5) is 36.4. The lowest BCUT2D eigenvalue weighted by molar-refractivity contribution is 0.0601. The highest BCUT2D eigenvalue weighted by molar-refractivity contribution is 7.92. The van der Waals surface area contributed by atoms with Gasteiger partial charge in [0.15, 0.2) is 0 Å². The number of methoxy groups -OCH3 is 1. The molecule has 0 atom stereocenters. The molecule has 1 heterocycles. The standard InChI is InChI=1S/C19H19N3O6S/c1-20-15-10-9-12(11-14(15)17(23)21(2)19(20)25)29(26,27)22(3)16-8-6-5-7-13(16)18(24)28-4/h5-11H,1-4H3. The Morgan fingerprint density at radius 1 is 1.03 bits per heavy atom. The molecule has 0 bridgehead atoms. The molecule has 0 unspecified atom stereocenters. The van der Waals surface area contributed by atoms with Gasteiger partial charge >= 0.3 is 11.7 Å². The average Bonchev–Trinajstić information content (AvgIpc) is 2.74. The first-order chi connectivity index (χ1) is 13.6. The molecule has 0 amide bonds. The van der Waals surface area contributed by atoms with E-state index in [-0.39, 0.29) is 21.5 Å². The smallest absolute Gasteiger partial charge is 0.340 e. The van der Waals surface area contributed by atoms with Crippen molar-refractivity contribution in [2.75, 3.05) is 18.5 Å². The topological polar surface area (TPSA) is 108 Å². The Balaban J connectivity index is 2.21. The minimum Gasteiger partial charge on any atom is -0.465 e. The van der Waals surface area contributed by atoms with Crippen LogP contribution < -0.4 is 15.6 Å². The Morgan fingerprint density at radius 2 is 1.69 bits per heavy atom. The third-order valence-electron chi connectivity index (χ3n) is 4.75. The summed E-state index contributed by atoms with van der Waals surface area (Å²) in [5.74, 6) is -0.676. The monoisotopic (exact) mass is 417 g/mol. The maximum absolute atomic E-state index is 13.2. The van der Waals surface area contributed by atoms with Crippen molar-refractivity contribution in [1.29, 1.82) is 0 Å². The van der Waals surface area contributed by atoms with Gasteiger partial charge in [-0.2, -0.15) is 0 Å². The molecule has 152 valence electrons. The molecule has 0 saturated carbocycles. The fourth-order valence-corrected chi connectivity index (χ4v) is 4.29. The van der Waals surface area contributed by atoms with Crippen LogP contribution in [-0.4, -0.2) is 37.7 Å². The number of benzene rings is 2. The summed E-state index contributed by atoms with van der Waals surface area (Å²) in [7, 11) is 1.22. The molecular formula is C19H19N3O6S. The summed E-state index contributed by atoms with van der Waals surface area (Å²) >= 11 is 0. The summed E-state index contributed by atoms with van der Waals surface area (Å²) in [6, 6.07) is 10.1. The second-order valence-corrected chi connectivity index (χ2v) is 8.34. The Hall–Kier alpha value is -3.40. The Morgan fingerprint density at radius 3 is 2.34 bits per heavy atom. The van der Waals surface area contributed by atoms with E-state index in [0.717, 1.165) is 8.87 Å². The third-order valence-corrected chi connectivity index (χ3v) is 6.51. The zero-order chi connectivity index (χ0) is 21.5. The second kappa shape index (κ2) is 7.21. The average molecular weight is 417 g/mol. The zero-order valence-corrected chi connectivity index (χ0v) is 17.1. The number of fused-ring (bicyclic) bond motifs is 1. The Kier molecular flexibility index (Phi) is 5.05. The molecule has 0 aliphatic rings. The molecule has 0 N–H and O–H groups in total. The predicted molar refractivity (Wildman–Crippen MR) is 108 cm³/mol. The van der Waals surface area contributed by atoms with E-state index in [9.17, 15) is 22.8 Å². The van der Waals surface area contributed by atoms with Crippen LogP contribution in [0, 0.1) is 0 Å². The van der Waals surface area contributed by atoms with Gasteiger partial charge in [-0.1, -0.05) is 12.1 Å². The van der Waals surface area contributed by atoms with Crippen LogP contribution in [0.15, 0.2) is 56.9 Å². The van der Waals surface area contributed by atoms with Gasteiger partial charge in [0, 0.05) is 21.1 Å². The van der Waals surface area contributed by atoms with Gasteiger partial charge in [0.1, 0.15) is 0 Å². The molecule has 2 aromatic carbocycles. The van der Waals surface area contributed by atoms with Crippen LogP contribution in [0.4, 0.5) is 5.69 Å². The predicted octanol–water partition coefficient (Wildman–Crippen LogP) is 0.849. The van der Waals surface area contributed by atoms with E-state index in [0.29, 0.717) is 5.52 Å². The number of sulfonamides is 1. The highest BCUT2D eigenvalue weighted by atomic mass is 32.2. The van der Waals surface area contributed by atoms with Gasteiger partial charge in [0.25, 0.3) is 15.6 Å². The fraction of sp³-hybridized carbons (Fsp3) is 0.211. The molecule has 0 radical (unpaired) electrons. The fourth-order valence-electron chi connectivity index (χ4n) is 3.05. The van der Waals surface area contributed by atoms with Crippen molar-refractivity contribution in [3.8, 4) is 0 Å². The lowest BCUT2D eigenvalue weighted by atomic mass is 10.2. The first-order valence-electron chi connectivity index (χ1n) is 8.47. The van der Waals surface area contributed by atoms with Gasteiger partial charge in [-0.05, 0) is 30.3 Å². The number of esters is 1. The van der Waals surface area contributed by atoms with Crippen LogP contribution in [0.3, 0.4) is 0 Å². The number of anilines is 1. The lowest BCUT2D eigenvalue weighted by Crippen LogP contribution is -2.37. The van der Waals surface area contributed by atoms with E-state index in [4.69, 9.17) is 4.74 Å². The number of para-hydroxylation sites is 1. The van der Waals surface area contributed by atoms with Gasteiger partial charge in [0.2, 0.25) is 0 Å². The lowest BCUT2D eigenvalue weighted by Gasteiger charge is -2.22. The van der Waals surface area contributed by atoms with Crippen molar-refractivity contribution in [1.82, 2.24) is 9.13 Å². The van der Waals surface area contributed by atoms with E-state index < -0.39 is 27.2 Å². The third kappa shape index (κ3) is 3.21. The largest absolute Gasteiger partial charge is 0.465 e. The van der Waals surface area contributed by atoms with Crippen LogP contribution in [0.25, 0.3) is 10.9 Å². The first-order valence-corrected chi connectivity index (χ1v) is 9.91. The molecule has 9 nitrogen and oxygen atoms in total. The van der Waals surface area contributed by atoms with Gasteiger partial charge in [0.05, 0.1) is 34.2 Å². The second-order valence-electron chi connectivity index (χ2n) is 6.37. The number of hydrogen-bond acceptors (Lipinski definition) is 6. The van der Waals surface area contributed by atoms with E-state index >= 15 is 0 Å². The Labute approximate surface area is 166 Å². The van der Waals surface area contributed by atoms with Crippen molar-refractivity contribution in [3.63, 3.8) is 0 Å². The molecule has 1 aromatic heterocycles. The SMILES string of the molecule is COC(=O)c1ccccc1N(C)S(=O)(=O)c1ccc2c(c1)c(=O)n(C)c(=O)n2C. The van der Waals surface area contributed by atoms with Gasteiger partial charge < -0.3 is 4.74 Å². The number of carbonyl (C=O) groups is 1. The molecule has 0 saturated heterocycles. The molecule has 0 spiro atoms. The first kappa shape index (κ1) is 20.3. The maximum Gasteiger partial charge on any atom is 0.340 e.